The van der Waals surface area contributed by atoms with E-state index >= 15 is 0 Å². The number of aromatic nitrogens is 2. The van der Waals surface area contributed by atoms with Gasteiger partial charge in [-0.1, -0.05) is 16.7 Å². The highest BCUT2D eigenvalue weighted by atomic mass is 35.5. The van der Waals surface area contributed by atoms with Gasteiger partial charge in [-0.05, 0) is 12.1 Å². The first-order valence-corrected chi connectivity index (χ1v) is 8.61. The first-order valence-electron chi connectivity index (χ1n) is 7.29. The molecule has 6 radical (unpaired) electrons. The summed E-state index contributed by atoms with van der Waals surface area (Å²) in [7, 11) is 16.0. The Morgan fingerprint density at radius 2 is 2.16 bits per heavy atom. The van der Waals surface area contributed by atoms with Crippen LogP contribution in [0.25, 0.3) is 10.9 Å². The molecule has 0 atom stereocenters. The smallest absolute Gasteiger partial charge is 0.201 e. The summed E-state index contributed by atoms with van der Waals surface area (Å²) in [5, 5.41) is 3.93. The topological polar surface area (TPSA) is 67.0 Å². The Bertz CT molecular complexity index is 893. The van der Waals surface area contributed by atoms with E-state index in [2.05, 4.69) is 15.3 Å². The summed E-state index contributed by atoms with van der Waals surface area (Å²) in [5.41, 5.74) is 4.15. The van der Waals surface area contributed by atoms with Crippen LogP contribution < -0.4 is 10.1 Å². The van der Waals surface area contributed by atoms with Crippen molar-refractivity contribution in [2.45, 2.75) is 18.3 Å². The van der Waals surface area contributed by atoms with Crippen molar-refractivity contribution < 1.29 is 9.53 Å². The average Bonchev–Trinajstić information content (AvgIpc) is 3.18. The maximum Gasteiger partial charge on any atom is 0.201 e. The molecule has 25 heavy (non-hydrogen) atoms. The fourth-order valence-electron chi connectivity index (χ4n) is 2.19. The molecule has 0 aliphatic rings. The normalized spacial score (nSPS) is 11.6. The second kappa shape index (κ2) is 7.18. The molecular weight excluding hydrogens is 354 g/mol. The van der Waals surface area contributed by atoms with Crippen molar-refractivity contribution in [3.05, 3.63) is 45.5 Å². The summed E-state index contributed by atoms with van der Waals surface area (Å²) < 4.78 is 5.71. The Balaban J connectivity index is 1.73. The number of hydrogen-bond acceptors (Lipinski definition) is 4. The highest BCUT2D eigenvalue weighted by Gasteiger charge is 2.19. The van der Waals surface area contributed by atoms with Gasteiger partial charge in [0, 0.05) is 28.0 Å². The molecule has 2 N–H and O–H groups in total. The lowest BCUT2D eigenvalue weighted by molar-refractivity contribution is -0.120. The number of thiazole rings is 1. The van der Waals surface area contributed by atoms with E-state index in [1.165, 1.54) is 11.3 Å². The molecule has 5 nitrogen and oxygen atoms in total. The Labute approximate surface area is 157 Å². The largest absolute Gasteiger partial charge is 0.486 e. The number of nitrogens with one attached hydrogen (secondary N) is 2. The number of hydrogen-bond donors (Lipinski definition) is 2. The van der Waals surface area contributed by atoms with Crippen molar-refractivity contribution in [3.63, 3.8) is 0 Å². The van der Waals surface area contributed by atoms with Crippen LogP contribution in [0.5, 0.6) is 5.75 Å². The van der Waals surface area contributed by atoms with Crippen molar-refractivity contribution in [1.29, 1.82) is 0 Å². The number of H-pyrrole nitrogens is 1. The third-order valence-corrected chi connectivity index (χ3v) is 4.35. The molecule has 0 spiro atoms. The molecule has 1 aromatic carbocycles. The van der Waals surface area contributed by atoms with Crippen LogP contribution in [0.2, 0.25) is 10.1 Å². The molecule has 120 valence electrons. The van der Waals surface area contributed by atoms with Crippen LogP contribution in [0.1, 0.15) is 11.4 Å². The summed E-state index contributed by atoms with van der Waals surface area (Å²) in [6, 6.07) is 5.44. The molecule has 3 rings (SSSR count). The van der Waals surface area contributed by atoms with Crippen LogP contribution in [0.15, 0.2) is 29.1 Å². The highest BCUT2D eigenvalue weighted by Crippen LogP contribution is 2.31. The van der Waals surface area contributed by atoms with Crippen LogP contribution in [-0.2, 0) is 17.9 Å². The minimum absolute atomic E-state index is 0.202. The molecule has 0 fully saturated rings. The lowest BCUT2D eigenvalue weighted by Gasteiger charge is -2.18. The Morgan fingerprint density at radius 3 is 2.84 bits per heavy atom. The van der Waals surface area contributed by atoms with E-state index in [1.807, 2.05) is 11.4 Å². The minimum Gasteiger partial charge on any atom is -0.486 e. The SMILES string of the molecule is [B]C([B])([B])C(=O)NCc1cc2cc(Cl)c(OCc3cscn3)cc2[nH]1. The molecular formula is C15H11B3ClN3O2S. The Kier molecular flexibility index (Phi) is 5.15. The quantitative estimate of drug-likeness (QED) is 0.657. The van der Waals surface area contributed by atoms with Crippen LogP contribution in [-0.4, -0.2) is 39.4 Å². The van der Waals surface area contributed by atoms with Crippen molar-refractivity contribution in [2.24, 2.45) is 0 Å². The monoisotopic (exact) mass is 365 g/mol. The summed E-state index contributed by atoms with van der Waals surface area (Å²) >= 11 is 7.77. The van der Waals surface area contributed by atoms with E-state index in [-0.39, 0.29) is 6.54 Å². The number of rotatable bonds is 6. The van der Waals surface area contributed by atoms with Crippen LogP contribution >= 0.6 is 22.9 Å². The number of aromatic amines is 1. The van der Waals surface area contributed by atoms with Gasteiger partial charge in [0.1, 0.15) is 12.4 Å². The van der Waals surface area contributed by atoms with E-state index in [9.17, 15) is 4.79 Å². The second-order valence-corrected chi connectivity index (χ2v) is 6.67. The maximum atomic E-state index is 11.6. The molecule has 0 aliphatic carbocycles. The predicted molar refractivity (Wildman–Crippen MR) is 102 cm³/mol. The van der Waals surface area contributed by atoms with E-state index < -0.39 is 11.0 Å². The number of carbonyl (C=O) groups is 1. The van der Waals surface area contributed by atoms with E-state index in [1.54, 1.807) is 17.6 Å². The standard InChI is InChI=1S/C15H11B3ClN3O2S/c16-15(17,18)14(23)20-4-9-1-8-2-11(19)13(3-12(8)22-9)24-5-10-6-25-7-21-10/h1-3,6-7,22H,4-5H2,(H,20,23). The number of nitrogens with zero attached hydrogens (tertiary/aromatic N) is 1. The zero-order valence-electron chi connectivity index (χ0n) is 13.1. The molecule has 1 amide bonds. The van der Waals surface area contributed by atoms with Gasteiger partial charge in [0.05, 0.1) is 46.3 Å². The molecule has 2 heterocycles. The number of ether oxygens (including phenoxy) is 1. The zero-order valence-corrected chi connectivity index (χ0v) is 14.7. The molecule has 2 aromatic heterocycles. The fraction of sp³-hybridized carbons (Fsp3) is 0.200. The first kappa shape index (κ1) is 18.0. The summed E-state index contributed by atoms with van der Waals surface area (Å²) in [6.45, 7) is 0.539. The fourth-order valence-corrected chi connectivity index (χ4v) is 2.96. The molecule has 10 heteroatoms. The molecule has 3 aromatic rings. The molecule has 0 saturated carbocycles. The summed E-state index contributed by atoms with van der Waals surface area (Å²) in [6.07, 6.45) is 0. The average molecular weight is 365 g/mol. The summed E-state index contributed by atoms with van der Waals surface area (Å²) in [4.78, 5) is 18.9. The van der Waals surface area contributed by atoms with Gasteiger partial charge in [-0.3, -0.25) is 4.79 Å². The minimum atomic E-state index is -1.91. The number of benzene rings is 1. The summed E-state index contributed by atoms with van der Waals surface area (Å²) in [5.74, 6) is -0.110. The molecule has 0 unspecified atom stereocenters. The van der Waals surface area contributed by atoms with E-state index in [0.717, 1.165) is 22.3 Å². The highest BCUT2D eigenvalue weighted by molar-refractivity contribution is 7.07. The van der Waals surface area contributed by atoms with Crippen molar-refractivity contribution in [3.8, 4) is 5.75 Å². The number of halogens is 1. The Morgan fingerprint density at radius 1 is 1.36 bits per heavy atom. The number of carbonyl (C=O) groups excluding carboxylic acids is 1. The number of fused-ring (bicyclic) bond motifs is 1. The van der Waals surface area contributed by atoms with Crippen molar-refractivity contribution in [2.75, 3.05) is 0 Å². The predicted octanol–water partition coefficient (Wildman–Crippen LogP) is 2.05. The molecule has 0 aliphatic heterocycles. The Hall–Kier alpha value is -1.86. The van der Waals surface area contributed by atoms with Crippen LogP contribution in [0.3, 0.4) is 0 Å². The van der Waals surface area contributed by atoms with Crippen molar-refractivity contribution >= 4 is 63.3 Å². The third kappa shape index (κ3) is 4.41. The van der Waals surface area contributed by atoms with E-state index in [0.29, 0.717) is 17.4 Å². The van der Waals surface area contributed by atoms with Gasteiger partial charge in [0.15, 0.2) is 0 Å². The maximum absolute atomic E-state index is 11.6. The van der Waals surface area contributed by atoms with Gasteiger partial charge in [-0.2, -0.15) is 0 Å². The van der Waals surface area contributed by atoms with Crippen LogP contribution in [0, 0.1) is 0 Å². The van der Waals surface area contributed by atoms with Gasteiger partial charge in [-0.25, -0.2) is 4.98 Å². The second-order valence-electron chi connectivity index (χ2n) is 5.55. The zero-order chi connectivity index (χ0) is 18.0. The van der Waals surface area contributed by atoms with Gasteiger partial charge in [-0.15, -0.1) is 11.3 Å². The molecule has 0 bridgehead atoms. The molecule has 0 saturated heterocycles. The number of amides is 1. The van der Waals surface area contributed by atoms with Gasteiger partial charge in [0.2, 0.25) is 5.91 Å². The van der Waals surface area contributed by atoms with Crippen LogP contribution in [0.4, 0.5) is 0 Å². The lowest BCUT2D eigenvalue weighted by Crippen LogP contribution is -2.36. The van der Waals surface area contributed by atoms with Gasteiger partial charge in [0.25, 0.3) is 0 Å². The first-order chi connectivity index (χ1) is 11.8. The lowest BCUT2D eigenvalue weighted by atomic mass is 9.42. The van der Waals surface area contributed by atoms with Gasteiger partial charge >= 0.3 is 0 Å². The van der Waals surface area contributed by atoms with Crippen molar-refractivity contribution in [1.82, 2.24) is 15.3 Å². The van der Waals surface area contributed by atoms with E-state index in [4.69, 9.17) is 39.9 Å². The third-order valence-electron chi connectivity index (χ3n) is 3.42. The van der Waals surface area contributed by atoms with Gasteiger partial charge < -0.3 is 15.0 Å².